The molecule has 1 aromatic heterocycles. The smallest absolute Gasteiger partial charge is 0.0664 e. The molecule has 1 aliphatic heterocycles. The lowest BCUT2D eigenvalue weighted by atomic mass is 9.90. The Labute approximate surface area is 113 Å². The molecule has 0 amide bonds. The first-order valence-electron chi connectivity index (χ1n) is 6.69. The van der Waals surface area contributed by atoms with Gasteiger partial charge in [0.05, 0.1) is 5.02 Å². The highest BCUT2D eigenvalue weighted by Crippen LogP contribution is 2.31. The van der Waals surface area contributed by atoms with Crippen molar-refractivity contribution >= 4 is 22.5 Å². The molecule has 3 heteroatoms. The summed E-state index contributed by atoms with van der Waals surface area (Å²) in [6.45, 7) is 2.31. The minimum absolute atomic E-state index is 0.799. The van der Waals surface area contributed by atoms with Crippen LogP contribution in [0.1, 0.15) is 18.4 Å². The highest BCUT2D eigenvalue weighted by molar-refractivity contribution is 6.35. The minimum Gasteiger partial charge on any atom is -0.349 e. The predicted octanol–water partition coefficient (Wildman–Crippen LogP) is 3.37. The van der Waals surface area contributed by atoms with Gasteiger partial charge >= 0.3 is 0 Å². The van der Waals surface area contributed by atoms with Gasteiger partial charge in [0.1, 0.15) is 0 Å². The first kappa shape index (κ1) is 12.1. The zero-order valence-corrected chi connectivity index (χ0v) is 11.5. The van der Waals surface area contributed by atoms with E-state index in [1.807, 2.05) is 6.20 Å². The summed E-state index contributed by atoms with van der Waals surface area (Å²) in [4.78, 5) is 0. The number of aryl methyl sites for hydroxylation is 1. The van der Waals surface area contributed by atoms with Crippen LogP contribution in [0.5, 0.6) is 0 Å². The summed E-state index contributed by atoms with van der Waals surface area (Å²) >= 11 is 6.37. The van der Waals surface area contributed by atoms with Gasteiger partial charge in [0.15, 0.2) is 0 Å². The Bertz CT molecular complexity index is 553. The van der Waals surface area contributed by atoms with E-state index >= 15 is 0 Å². The van der Waals surface area contributed by atoms with Crippen LogP contribution in [0.3, 0.4) is 0 Å². The number of nitrogens with one attached hydrogen (secondary N) is 1. The van der Waals surface area contributed by atoms with Crippen molar-refractivity contribution in [2.24, 2.45) is 13.0 Å². The fourth-order valence-corrected chi connectivity index (χ4v) is 3.39. The lowest BCUT2D eigenvalue weighted by molar-refractivity contribution is 0.373. The van der Waals surface area contributed by atoms with Crippen molar-refractivity contribution in [3.05, 3.63) is 35.0 Å². The van der Waals surface area contributed by atoms with E-state index in [2.05, 4.69) is 35.1 Å². The van der Waals surface area contributed by atoms with Gasteiger partial charge in [-0.15, -0.1) is 0 Å². The molecule has 0 spiro atoms. The Kier molecular flexibility index (Phi) is 3.31. The number of halogens is 1. The topological polar surface area (TPSA) is 17.0 Å². The monoisotopic (exact) mass is 262 g/mol. The third-order valence-electron chi connectivity index (χ3n) is 4.02. The van der Waals surface area contributed by atoms with Crippen molar-refractivity contribution in [3.63, 3.8) is 0 Å². The van der Waals surface area contributed by atoms with Crippen molar-refractivity contribution in [2.45, 2.75) is 19.3 Å². The first-order valence-corrected chi connectivity index (χ1v) is 7.06. The molecule has 0 saturated carbocycles. The van der Waals surface area contributed by atoms with E-state index < -0.39 is 0 Å². The van der Waals surface area contributed by atoms with Crippen molar-refractivity contribution in [1.29, 1.82) is 0 Å². The van der Waals surface area contributed by atoms with Crippen LogP contribution in [0.15, 0.2) is 24.4 Å². The third-order valence-corrected chi connectivity index (χ3v) is 4.31. The highest BCUT2D eigenvalue weighted by Gasteiger charge is 2.16. The average molecular weight is 263 g/mol. The van der Waals surface area contributed by atoms with Gasteiger partial charge in [-0.25, -0.2) is 0 Å². The molecule has 0 aliphatic carbocycles. The zero-order valence-electron chi connectivity index (χ0n) is 10.7. The van der Waals surface area contributed by atoms with Crippen LogP contribution in [-0.4, -0.2) is 17.7 Å². The number of rotatable bonds is 2. The molecular formula is C15H19ClN2. The molecule has 18 heavy (non-hydrogen) atoms. The van der Waals surface area contributed by atoms with Gasteiger partial charge in [-0.05, 0) is 49.9 Å². The third kappa shape index (κ3) is 2.15. The van der Waals surface area contributed by atoms with Crippen molar-refractivity contribution < 1.29 is 0 Å². The number of fused-ring (bicyclic) bond motifs is 1. The number of hydrogen-bond donors (Lipinski definition) is 1. The largest absolute Gasteiger partial charge is 0.349 e. The van der Waals surface area contributed by atoms with Gasteiger partial charge in [0.2, 0.25) is 0 Å². The Morgan fingerprint density at radius 1 is 1.33 bits per heavy atom. The molecule has 0 radical (unpaired) electrons. The molecule has 1 saturated heterocycles. The van der Waals surface area contributed by atoms with Crippen LogP contribution in [-0.2, 0) is 13.5 Å². The molecular weight excluding hydrogens is 244 g/mol. The van der Waals surface area contributed by atoms with E-state index in [0.29, 0.717) is 0 Å². The highest BCUT2D eigenvalue weighted by atomic mass is 35.5. The molecule has 1 fully saturated rings. The normalized spacial score (nSPS) is 17.4. The Morgan fingerprint density at radius 2 is 2.11 bits per heavy atom. The standard InChI is InChI=1S/C15H19ClN2/c1-18-10-13(16)15-12(3-2-4-14(15)18)9-11-5-7-17-8-6-11/h2-4,10-11,17H,5-9H2,1H3. The molecule has 1 aliphatic rings. The summed E-state index contributed by atoms with van der Waals surface area (Å²) in [5, 5.41) is 5.56. The first-order chi connectivity index (χ1) is 8.75. The van der Waals surface area contributed by atoms with Gasteiger partial charge in [-0.1, -0.05) is 23.7 Å². The van der Waals surface area contributed by atoms with Crippen LogP contribution < -0.4 is 5.32 Å². The van der Waals surface area contributed by atoms with Gasteiger partial charge < -0.3 is 9.88 Å². The minimum atomic E-state index is 0.799. The van der Waals surface area contributed by atoms with Crippen LogP contribution in [0, 0.1) is 5.92 Å². The van der Waals surface area contributed by atoms with Crippen LogP contribution in [0.25, 0.3) is 10.9 Å². The Morgan fingerprint density at radius 3 is 2.89 bits per heavy atom. The average Bonchev–Trinajstić information content (AvgIpc) is 2.67. The SMILES string of the molecule is Cn1cc(Cl)c2c(CC3CCNCC3)cccc21. The summed E-state index contributed by atoms with van der Waals surface area (Å²) in [5.74, 6) is 0.799. The summed E-state index contributed by atoms with van der Waals surface area (Å²) in [6.07, 6.45) is 5.72. The van der Waals surface area contributed by atoms with E-state index in [9.17, 15) is 0 Å². The molecule has 2 aromatic rings. The maximum atomic E-state index is 6.37. The summed E-state index contributed by atoms with van der Waals surface area (Å²) in [6, 6.07) is 6.53. The second-order valence-corrected chi connectivity index (χ2v) is 5.70. The van der Waals surface area contributed by atoms with Crippen LogP contribution in [0.2, 0.25) is 5.02 Å². The van der Waals surface area contributed by atoms with Crippen LogP contribution in [0.4, 0.5) is 0 Å². The quantitative estimate of drug-likeness (QED) is 0.878. The molecule has 0 unspecified atom stereocenters. The molecule has 96 valence electrons. The second kappa shape index (κ2) is 4.94. The fourth-order valence-electron chi connectivity index (χ4n) is 3.03. The predicted molar refractivity (Wildman–Crippen MR) is 77.2 cm³/mol. The molecule has 1 N–H and O–H groups in total. The van der Waals surface area contributed by atoms with E-state index in [1.54, 1.807) is 0 Å². The van der Waals surface area contributed by atoms with Crippen molar-refractivity contribution in [1.82, 2.24) is 9.88 Å². The summed E-state index contributed by atoms with van der Waals surface area (Å²) in [5.41, 5.74) is 2.65. The lowest BCUT2D eigenvalue weighted by Crippen LogP contribution is -2.28. The maximum Gasteiger partial charge on any atom is 0.0664 e. The molecule has 3 rings (SSSR count). The number of piperidine rings is 1. The van der Waals surface area contributed by atoms with Gasteiger partial charge in [0.25, 0.3) is 0 Å². The molecule has 0 bridgehead atoms. The molecule has 1 aromatic carbocycles. The van der Waals surface area contributed by atoms with Gasteiger partial charge in [0, 0.05) is 24.1 Å². The Hall–Kier alpha value is -0.990. The number of benzene rings is 1. The van der Waals surface area contributed by atoms with Crippen LogP contribution >= 0.6 is 11.6 Å². The maximum absolute atomic E-state index is 6.37. The van der Waals surface area contributed by atoms with Crippen molar-refractivity contribution in [2.75, 3.05) is 13.1 Å². The van der Waals surface area contributed by atoms with E-state index in [1.165, 1.54) is 29.3 Å². The lowest BCUT2D eigenvalue weighted by Gasteiger charge is -2.22. The number of hydrogen-bond acceptors (Lipinski definition) is 1. The summed E-state index contributed by atoms with van der Waals surface area (Å²) < 4.78 is 2.11. The number of nitrogens with zero attached hydrogens (tertiary/aromatic N) is 1. The Balaban J connectivity index is 1.95. The molecule has 0 atom stereocenters. The second-order valence-electron chi connectivity index (χ2n) is 5.30. The fraction of sp³-hybridized carbons (Fsp3) is 0.467. The number of aromatic nitrogens is 1. The summed E-state index contributed by atoms with van der Waals surface area (Å²) in [7, 11) is 2.06. The van der Waals surface area contributed by atoms with Gasteiger partial charge in [-0.3, -0.25) is 0 Å². The van der Waals surface area contributed by atoms with E-state index in [4.69, 9.17) is 11.6 Å². The molecule has 2 nitrogen and oxygen atoms in total. The molecule has 2 heterocycles. The van der Waals surface area contributed by atoms with E-state index in [0.717, 1.165) is 30.5 Å². The van der Waals surface area contributed by atoms with Crippen molar-refractivity contribution in [3.8, 4) is 0 Å². The zero-order chi connectivity index (χ0) is 12.5. The van der Waals surface area contributed by atoms with E-state index in [-0.39, 0.29) is 0 Å². The van der Waals surface area contributed by atoms with Gasteiger partial charge in [-0.2, -0.15) is 0 Å².